The van der Waals surface area contributed by atoms with Gasteiger partial charge in [0.15, 0.2) is 5.78 Å². The summed E-state index contributed by atoms with van der Waals surface area (Å²) in [6.07, 6.45) is 6.42. The van der Waals surface area contributed by atoms with E-state index in [-0.39, 0.29) is 5.78 Å². The maximum Gasteiger partial charge on any atom is 0.189 e. The Hall–Kier alpha value is -0.160. The molecule has 2 rings (SSSR count). The summed E-state index contributed by atoms with van der Waals surface area (Å²) in [7, 11) is 0. The highest BCUT2D eigenvalue weighted by atomic mass is 127. The molecule has 0 atom stereocenters. The van der Waals surface area contributed by atoms with Crippen molar-refractivity contribution in [2.45, 2.75) is 25.7 Å². The van der Waals surface area contributed by atoms with Gasteiger partial charge in [0.2, 0.25) is 0 Å². The second-order valence-electron chi connectivity index (χ2n) is 3.93. The number of carbonyl (C=O) groups is 1. The summed E-state index contributed by atoms with van der Waals surface area (Å²) in [5, 5.41) is 0. The number of hydrogen-bond donors (Lipinski definition) is 0. The Morgan fingerprint density at radius 1 is 1.31 bits per heavy atom. The molecule has 16 heavy (non-hydrogen) atoms. The molecule has 1 aliphatic rings. The van der Waals surface area contributed by atoms with Crippen LogP contribution in [0.25, 0.3) is 0 Å². The van der Waals surface area contributed by atoms with Crippen molar-refractivity contribution in [3.8, 4) is 0 Å². The molecule has 0 saturated heterocycles. The van der Waals surface area contributed by atoms with Crippen LogP contribution in [0.1, 0.15) is 36.0 Å². The number of hydrogen-bond acceptors (Lipinski definition) is 1. The van der Waals surface area contributed by atoms with Crippen LogP contribution in [0, 0.1) is 3.57 Å². The molecule has 1 aliphatic carbocycles. The van der Waals surface area contributed by atoms with E-state index in [0.717, 1.165) is 38.4 Å². The van der Waals surface area contributed by atoms with Crippen LogP contribution in [-0.4, -0.2) is 5.78 Å². The Labute approximate surface area is 118 Å². The molecule has 0 amide bonds. The van der Waals surface area contributed by atoms with Gasteiger partial charge >= 0.3 is 0 Å². The molecule has 0 unspecified atom stereocenters. The van der Waals surface area contributed by atoms with Crippen molar-refractivity contribution in [1.82, 2.24) is 0 Å². The van der Waals surface area contributed by atoms with E-state index < -0.39 is 0 Å². The molecular formula is C13H12BrIO. The van der Waals surface area contributed by atoms with Gasteiger partial charge in [0.25, 0.3) is 0 Å². The second kappa shape index (κ2) is 5.45. The van der Waals surface area contributed by atoms with E-state index in [1.807, 2.05) is 18.2 Å². The Morgan fingerprint density at radius 2 is 2.12 bits per heavy atom. The molecule has 0 bridgehead atoms. The molecule has 1 nitrogen and oxygen atoms in total. The quantitative estimate of drug-likeness (QED) is 0.526. The van der Waals surface area contributed by atoms with Crippen LogP contribution >= 0.6 is 38.5 Å². The minimum Gasteiger partial charge on any atom is -0.289 e. The van der Waals surface area contributed by atoms with Gasteiger partial charge < -0.3 is 0 Å². The fourth-order valence-electron chi connectivity index (χ4n) is 1.89. The number of rotatable bonds is 2. The maximum absolute atomic E-state index is 12.3. The van der Waals surface area contributed by atoms with E-state index in [4.69, 9.17) is 0 Å². The molecule has 0 N–H and O–H groups in total. The summed E-state index contributed by atoms with van der Waals surface area (Å²) >= 11 is 5.68. The highest BCUT2D eigenvalue weighted by Gasteiger charge is 2.16. The SMILES string of the molecule is O=C(C1=CCCCC1)c1cc(I)ccc1Br. The largest absolute Gasteiger partial charge is 0.289 e. The normalized spacial score (nSPS) is 15.8. The maximum atomic E-state index is 12.3. The van der Waals surface area contributed by atoms with Gasteiger partial charge in [-0.1, -0.05) is 22.0 Å². The van der Waals surface area contributed by atoms with Gasteiger partial charge in [0, 0.05) is 13.6 Å². The molecule has 3 heteroatoms. The fourth-order valence-corrected chi connectivity index (χ4v) is 2.81. The van der Waals surface area contributed by atoms with Crippen molar-refractivity contribution >= 4 is 44.3 Å². The van der Waals surface area contributed by atoms with E-state index in [2.05, 4.69) is 44.6 Å². The predicted molar refractivity (Wildman–Crippen MR) is 77.7 cm³/mol. The summed E-state index contributed by atoms with van der Waals surface area (Å²) < 4.78 is 1.99. The summed E-state index contributed by atoms with van der Waals surface area (Å²) in [4.78, 5) is 12.3. The number of allylic oxidation sites excluding steroid dienone is 2. The molecule has 0 radical (unpaired) electrons. The number of carbonyl (C=O) groups excluding carboxylic acids is 1. The molecule has 0 aliphatic heterocycles. The first kappa shape index (κ1) is 12.3. The molecule has 0 aromatic heterocycles. The number of benzene rings is 1. The first-order valence-corrected chi connectivity index (χ1v) is 7.24. The molecular weight excluding hydrogens is 379 g/mol. The van der Waals surface area contributed by atoms with Gasteiger partial charge in [0.05, 0.1) is 0 Å². The standard InChI is InChI=1S/C13H12BrIO/c14-12-7-6-10(15)8-11(12)13(16)9-4-2-1-3-5-9/h4,6-8H,1-3,5H2. The van der Waals surface area contributed by atoms with Gasteiger partial charge in [-0.15, -0.1) is 0 Å². The van der Waals surface area contributed by atoms with Crippen LogP contribution in [0.3, 0.4) is 0 Å². The third kappa shape index (κ3) is 2.74. The zero-order valence-corrected chi connectivity index (χ0v) is 12.5. The lowest BCUT2D eigenvalue weighted by molar-refractivity contribution is 0.102. The average molecular weight is 391 g/mol. The highest BCUT2D eigenvalue weighted by molar-refractivity contribution is 14.1. The molecule has 0 saturated carbocycles. The second-order valence-corrected chi connectivity index (χ2v) is 6.03. The lowest BCUT2D eigenvalue weighted by Gasteiger charge is -2.12. The minimum atomic E-state index is 0.185. The van der Waals surface area contributed by atoms with Gasteiger partial charge in [0.1, 0.15) is 0 Å². The Balaban J connectivity index is 2.33. The van der Waals surface area contributed by atoms with E-state index in [1.54, 1.807) is 0 Å². The van der Waals surface area contributed by atoms with E-state index in [1.165, 1.54) is 6.42 Å². The van der Waals surface area contributed by atoms with E-state index in [9.17, 15) is 4.79 Å². The Bertz CT molecular complexity index is 451. The summed E-state index contributed by atoms with van der Waals surface area (Å²) in [5.74, 6) is 0.185. The fraction of sp³-hybridized carbons (Fsp3) is 0.308. The molecule has 1 aromatic rings. The summed E-state index contributed by atoms with van der Waals surface area (Å²) in [6.45, 7) is 0. The molecule has 1 aromatic carbocycles. The zero-order chi connectivity index (χ0) is 11.5. The molecule has 0 heterocycles. The first-order chi connectivity index (χ1) is 7.68. The molecule has 0 fully saturated rings. The van der Waals surface area contributed by atoms with Crippen LogP contribution in [0.4, 0.5) is 0 Å². The molecule has 84 valence electrons. The van der Waals surface area contributed by atoms with Crippen molar-refractivity contribution < 1.29 is 4.79 Å². The van der Waals surface area contributed by atoms with Crippen molar-refractivity contribution in [2.24, 2.45) is 0 Å². The molecule has 0 spiro atoms. The van der Waals surface area contributed by atoms with Crippen LogP contribution < -0.4 is 0 Å². The van der Waals surface area contributed by atoms with Gasteiger partial charge in [-0.2, -0.15) is 0 Å². The van der Waals surface area contributed by atoms with Crippen molar-refractivity contribution in [3.63, 3.8) is 0 Å². The predicted octanol–water partition coefficient (Wildman–Crippen LogP) is 4.74. The highest BCUT2D eigenvalue weighted by Crippen LogP contribution is 2.26. The minimum absolute atomic E-state index is 0.185. The number of ketones is 1. The third-order valence-electron chi connectivity index (χ3n) is 2.76. The summed E-state index contributed by atoms with van der Waals surface area (Å²) in [6, 6.07) is 5.89. The number of Topliss-reactive ketones (excluding diaryl/α,β-unsaturated/α-hetero) is 1. The van der Waals surface area contributed by atoms with Crippen molar-refractivity contribution in [3.05, 3.63) is 43.5 Å². The van der Waals surface area contributed by atoms with Crippen LogP contribution in [0.5, 0.6) is 0 Å². The summed E-state index contributed by atoms with van der Waals surface area (Å²) in [5.41, 5.74) is 1.77. The third-order valence-corrected chi connectivity index (χ3v) is 4.12. The zero-order valence-electron chi connectivity index (χ0n) is 8.80. The Morgan fingerprint density at radius 3 is 2.81 bits per heavy atom. The van der Waals surface area contributed by atoms with Crippen molar-refractivity contribution in [2.75, 3.05) is 0 Å². The van der Waals surface area contributed by atoms with E-state index in [0.29, 0.717) is 0 Å². The lowest BCUT2D eigenvalue weighted by Crippen LogP contribution is -2.07. The van der Waals surface area contributed by atoms with E-state index >= 15 is 0 Å². The average Bonchev–Trinajstić information content (AvgIpc) is 2.32. The first-order valence-electron chi connectivity index (χ1n) is 5.37. The lowest BCUT2D eigenvalue weighted by atomic mass is 9.93. The number of halogens is 2. The van der Waals surface area contributed by atoms with Crippen molar-refractivity contribution in [1.29, 1.82) is 0 Å². The van der Waals surface area contributed by atoms with Crippen LogP contribution in [-0.2, 0) is 0 Å². The van der Waals surface area contributed by atoms with Gasteiger partial charge in [-0.05, 0) is 72.0 Å². The smallest absolute Gasteiger partial charge is 0.189 e. The van der Waals surface area contributed by atoms with Gasteiger partial charge in [-0.3, -0.25) is 4.79 Å². The Kier molecular flexibility index (Phi) is 4.19. The van der Waals surface area contributed by atoms with Gasteiger partial charge in [-0.25, -0.2) is 0 Å². The topological polar surface area (TPSA) is 17.1 Å². The van der Waals surface area contributed by atoms with Crippen LogP contribution in [0.15, 0.2) is 34.3 Å². The monoisotopic (exact) mass is 390 g/mol. The van der Waals surface area contributed by atoms with Crippen LogP contribution in [0.2, 0.25) is 0 Å².